The van der Waals surface area contributed by atoms with Crippen molar-refractivity contribution in [1.82, 2.24) is 0 Å². The summed E-state index contributed by atoms with van der Waals surface area (Å²) < 4.78 is 11.8. The number of benzene rings is 1. The van der Waals surface area contributed by atoms with Crippen LogP contribution in [0.15, 0.2) is 30.2 Å². The molecular weight excluding hydrogens is 223 g/mol. The number of rotatable bonds is 2. The maximum Gasteiger partial charge on any atom is 0.487 e. The van der Waals surface area contributed by atoms with Gasteiger partial charge in [-0.25, -0.2) is 0 Å². The Hall–Kier alpha value is -1.06. The highest BCUT2D eigenvalue weighted by Crippen LogP contribution is 2.37. The number of hydrogen-bond acceptors (Lipinski definition) is 2. The van der Waals surface area contributed by atoms with E-state index in [9.17, 15) is 0 Å². The Balaban J connectivity index is 2.11. The first kappa shape index (κ1) is 13.4. The molecule has 0 atom stereocenters. The molecule has 0 aromatic heterocycles. The van der Waals surface area contributed by atoms with Crippen LogP contribution < -0.4 is 0 Å². The van der Waals surface area contributed by atoms with Crippen LogP contribution in [-0.2, 0) is 9.31 Å². The number of aryl methyl sites for hydroxylation is 1. The molecule has 1 aliphatic heterocycles. The minimum Gasteiger partial charge on any atom is -0.400 e. The van der Waals surface area contributed by atoms with Gasteiger partial charge in [0.05, 0.1) is 11.2 Å². The lowest BCUT2D eigenvalue weighted by Crippen LogP contribution is -2.41. The van der Waals surface area contributed by atoms with Gasteiger partial charge in [-0.05, 0) is 45.7 Å². The van der Waals surface area contributed by atoms with E-state index in [0.717, 1.165) is 0 Å². The fourth-order valence-corrected chi connectivity index (χ4v) is 1.92. The van der Waals surface area contributed by atoms with Gasteiger partial charge >= 0.3 is 7.12 Å². The average molecular weight is 244 g/mol. The molecule has 2 rings (SSSR count). The SMILES string of the molecule is Cc1ccccc1/C=C\B1OC(C)(C)C(C)(C)O1. The van der Waals surface area contributed by atoms with Crippen molar-refractivity contribution in [2.24, 2.45) is 0 Å². The molecule has 1 aliphatic rings. The van der Waals surface area contributed by atoms with E-state index in [0.29, 0.717) is 0 Å². The molecule has 0 unspecified atom stereocenters. The highest BCUT2D eigenvalue weighted by atomic mass is 16.7. The predicted molar refractivity (Wildman–Crippen MR) is 76.3 cm³/mol. The van der Waals surface area contributed by atoms with E-state index in [4.69, 9.17) is 9.31 Å². The average Bonchev–Trinajstić information content (AvgIpc) is 2.46. The smallest absolute Gasteiger partial charge is 0.400 e. The third kappa shape index (κ3) is 2.52. The van der Waals surface area contributed by atoms with E-state index in [1.165, 1.54) is 11.1 Å². The zero-order valence-electron chi connectivity index (χ0n) is 11.9. The second kappa shape index (κ2) is 4.56. The maximum atomic E-state index is 5.92. The third-order valence-corrected chi connectivity index (χ3v) is 3.89. The monoisotopic (exact) mass is 244 g/mol. The standard InChI is InChI=1S/C15H21BO2/c1-12-8-6-7-9-13(12)10-11-16-17-14(2,3)15(4,5)18-16/h6-11H,1-5H3/b11-10-. The van der Waals surface area contributed by atoms with Crippen molar-refractivity contribution in [2.75, 3.05) is 0 Å². The first-order valence-corrected chi connectivity index (χ1v) is 6.41. The Morgan fingerprint density at radius 2 is 1.56 bits per heavy atom. The summed E-state index contributed by atoms with van der Waals surface area (Å²) in [6, 6.07) is 8.28. The Bertz CT molecular complexity index is 447. The third-order valence-electron chi connectivity index (χ3n) is 3.89. The highest BCUT2D eigenvalue weighted by molar-refractivity contribution is 6.52. The minimum absolute atomic E-state index is 0.269. The summed E-state index contributed by atoms with van der Waals surface area (Å²) in [6.45, 7) is 10.4. The van der Waals surface area contributed by atoms with E-state index in [1.54, 1.807) is 0 Å². The van der Waals surface area contributed by atoms with Crippen LogP contribution in [0.2, 0.25) is 0 Å². The molecule has 0 radical (unpaired) electrons. The van der Waals surface area contributed by atoms with Crippen molar-refractivity contribution in [3.63, 3.8) is 0 Å². The molecule has 0 bridgehead atoms. The Labute approximate surface area is 110 Å². The second-order valence-electron chi connectivity index (χ2n) is 5.84. The fraction of sp³-hybridized carbons (Fsp3) is 0.467. The normalized spacial score (nSPS) is 21.7. The van der Waals surface area contributed by atoms with Gasteiger partial charge in [-0.1, -0.05) is 36.3 Å². The molecule has 0 amide bonds. The molecule has 0 saturated carbocycles. The van der Waals surface area contributed by atoms with Gasteiger partial charge in [-0.15, -0.1) is 0 Å². The Morgan fingerprint density at radius 1 is 1.00 bits per heavy atom. The molecular formula is C15H21BO2. The van der Waals surface area contributed by atoms with Gasteiger partial charge < -0.3 is 9.31 Å². The Kier molecular flexibility index (Phi) is 3.39. The molecule has 0 N–H and O–H groups in total. The molecule has 96 valence electrons. The van der Waals surface area contributed by atoms with E-state index in [-0.39, 0.29) is 18.3 Å². The molecule has 3 heteroatoms. The van der Waals surface area contributed by atoms with Crippen molar-refractivity contribution in [3.05, 3.63) is 41.4 Å². The quantitative estimate of drug-likeness (QED) is 0.739. The summed E-state index contributed by atoms with van der Waals surface area (Å²) >= 11 is 0. The van der Waals surface area contributed by atoms with E-state index in [2.05, 4.69) is 52.8 Å². The van der Waals surface area contributed by atoms with Gasteiger partial charge in [0.15, 0.2) is 0 Å². The van der Waals surface area contributed by atoms with Crippen LogP contribution in [0.25, 0.3) is 6.08 Å². The van der Waals surface area contributed by atoms with E-state index in [1.807, 2.05) is 18.1 Å². The van der Waals surface area contributed by atoms with Crippen LogP contribution >= 0.6 is 0 Å². The van der Waals surface area contributed by atoms with Gasteiger partial charge in [0.1, 0.15) is 0 Å². The van der Waals surface area contributed by atoms with Gasteiger partial charge in [-0.2, -0.15) is 0 Å². The van der Waals surface area contributed by atoms with Crippen molar-refractivity contribution >= 4 is 13.2 Å². The van der Waals surface area contributed by atoms with Crippen LogP contribution in [0.1, 0.15) is 38.8 Å². The van der Waals surface area contributed by atoms with E-state index < -0.39 is 0 Å². The largest absolute Gasteiger partial charge is 0.487 e. The van der Waals surface area contributed by atoms with Crippen LogP contribution in [-0.4, -0.2) is 18.3 Å². The molecule has 1 heterocycles. The lowest BCUT2D eigenvalue weighted by atomic mass is 9.88. The fourth-order valence-electron chi connectivity index (χ4n) is 1.92. The summed E-state index contributed by atoms with van der Waals surface area (Å²) in [4.78, 5) is 0. The molecule has 0 aliphatic carbocycles. The van der Waals surface area contributed by atoms with Crippen molar-refractivity contribution < 1.29 is 9.31 Å². The molecule has 1 aromatic rings. The van der Waals surface area contributed by atoms with Crippen molar-refractivity contribution in [1.29, 1.82) is 0 Å². The van der Waals surface area contributed by atoms with E-state index >= 15 is 0 Å². The lowest BCUT2D eigenvalue weighted by Gasteiger charge is -2.32. The summed E-state index contributed by atoms with van der Waals surface area (Å²) in [5.74, 6) is 1.98. The topological polar surface area (TPSA) is 18.5 Å². The summed E-state index contributed by atoms with van der Waals surface area (Å²) in [5, 5.41) is 0. The molecule has 18 heavy (non-hydrogen) atoms. The van der Waals surface area contributed by atoms with Gasteiger partial charge in [0.2, 0.25) is 0 Å². The molecule has 2 nitrogen and oxygen atoms in total. The van der Waals surface area contributed by atoms with Crippen molar-refractivity contribution in [3.8, 4) is 0 Å². The summed E-state index contributed by atoms with van der Waals surface area (Å²) in [5.41, 5.74) is 1.92. The zero-order chi connectivity index (χ0) is 13.4. The van der Waals surface area contributed by atoms with Gasteiger partial charge in [-0.3, -0.25) is 0 Å². The molecule has 1 saturated heterocycles. The molecule has 1 aromatic carbocycles. The van der Waals surface area contributed by atoms with Gasteiger partial charge in [0.25, 0.3) is 0 Å². The van der Waals surface area contributed by atoms with Crippen molar-refractivity contribution in [2.45, 2.75) is 45.8 Å². The summed E-state index contributed by atoms with van der Waals surface area (Å²) in [7, 11) is -0.269. The van der Waals surface area contributed by atoms with Crippen LogP contribution in [0, 0.1) is 6.92 Å². The Morgan fingerprint density at radius 3 is 2.11 bits per heavy atom. The van der Waals surface area contributed by atoms with Crippen LogP contribution in [0.5, 0.6) is 0 Å². The minimum atomic E-state index is -0.270. The highest BCUT2D eigenvalue weighted by Gasteiger charge is 2.49. The zero-order valence-corrected chi connectivity index (χ0v) is 11.9. The predicted octanol–water partition coefficient (Wildman–Crippen LogP) is 3.64. The summed E-state index contributed by atoms with van der Waals surface area (Å²) in [6.07, 6.45) is 2.07. The number of hydrogen-bond donors (Lipinski definition) is 0. The van der Waals surface area contributed by atoms with Gasteiger partial charge in [0, 0.05) is 0 Å². The van der Waals surface area contributed by atoms with Crippen LogP contribution in [0.4, 0.5) is 0 Å². The first-order valence-electron chi connectivity index (χ1n) is 6.41. The molecule has 0 spiro atoms. The maximum absolute atomic E-state index is 5.92. The lowest BCUT2D eigenvalue weighted by molar-refractivity contribution is 0.00578. The van der Waals surface area contributed by atoms with Crippen LogP contribution in [0.3, 0.4) is 0 Å². The first-order chi connectivity index (χ1) is 8.32. The second-order valence-corrected chi connectivity index (χ2v) is 5.84. The molecule has 1 fully saturated rings.